The molecule has 1 aromatic heterocycles. The van der Waals surface area contributed by atoms with Gasteiger partial charge in [0.05, 0.1) is 5.69 Å². The number of piperidine rings is 1. The number of hydrogen-bond donors (Lipinski definition) is 0. The minimum absolute atomic E-state index is 0.884. The number of hydrogen-bond acceptors (Lipinski definition) is 3. The SMILES string of the molecule is CCC1CCN(c2nnc(-c3ccccc3)c(C)c2C)CC1. The number of anilines is 1. The molecule has 2 heterocycles. The van der Waals surface area contributed by atoms with E-state index >= 15 is 0 Å². The van der Waals surface area contributed by atoms with Crippen molar-refractivity contribution in [2.75, 3.05) is 18.0 Å². The van der Waals surface area contributed by atoms with Gasteiger partial charge in [0.2, 0.25) is 0 Å². The summed E-state index contributed by atoms with van der Waals surface area (Å²) in [5.41, 5.74) is 4.66. The normalized spacial score (nSPS) is 16.0. The summed E-state index contributed by atoms with van der Waals surface area (Å²) in [6, 6.07) is 10.3. The van der Waals surface area contributed by atoms with Gasteiger partial charge in [-0.3, -0.25) is 0 Å². The van der Waals surface area contributed by atoms with Gasteiger partial charge in [-0.25, -0.2) is 0 Å². The van der Waals surface area contributed by atoms with Gasteiger partial charge in [-0.2, -0.15) is 0 Å². The van der Waals surface area contributed by atoms with Crippen LogP contribution in [-0.2, 0) is 0 Å². The number of nitrogens with zero attached hydrogens (tertiary/aromatic N) is 3. The molecule has 0 bridgehead atoms. The molecule has 0 unspecified atom stereocenters. The van der Waals surface area contributed by atoms with E-state index in [2.05, 4.69) is 60.1 Å². The first-order chi connectivity index (χ1) is 10.7. The molecular formula is C19H25N3. The first kappa shape index (κ1) is 15.0. The lowest BCUT2D eigenvalue weighted by atomic mass is 9.94. The zero-order valence-corrected chi connectivity index (χ0v) is 13.8. The first-order valence-corrected chi connectivity index (χ1v) is 8.35. The van der Waals surface area contributed by atoms with Crippen LogP contribution in [0.3, 0.4) is 0 Å². The second-order valence-electron chi connectivity index (χ2n) is 6.33. The van der Waals surface area contributed by atoms with Gasteiger partial charge in [0.25, 0.3) is 0 Å². The first-order valence-electron chi connectivity index (χ1n) is 8.35. The van der Waals surface area contributed by atoms with Crippen molar-refractivity contribution in [3.8, 4) is 11.3 Å². The van der Waals surface area contributed by atoms with E-state index in [4.69, 9.17) is 0 Å². The van der Waals surface area contributed by atoms with Gasteiger partial charge in [-0.1, -0.05) is 43.7 Å². The van der Waals surface area contributed by atoms with Crippen LogP contribution < -0.4 is 4.90 Å². The monoisotopic (exact) mass is 295 g/mol. The minimum atomic E-state index is 0.884. The van der Waals surface area contributed by atoms with Crippen LogP contribution in [-0.4, -0.2) is 23.3 Å². The molecule has 1 aliphatic heterocycles. The highest BCUT2D eigenvalue weighted by molar-refractivity contribution is 5.66. The van der Waals surface area contributed by atoms with Crippen molar-refractivity contribution >= 4 is 5.82 Å². The second kappa shape index (κ2) is 6.47. The van der Waals surface area contributed by atoms with Gasteiger partial charge in [0.15, 0.2) is 5.82 Å². The van der Waals surface area contributed by atoms with Crippen molar-refractivity contribution in [1.29, 1.82) is 0 Å². The molecule has 0 saturated carbocycles. The maximum absolute atomic E-state index is 4.57. The lowest BCUT2D eigenvalue weighted by Crippen LogP contribution is -2.34. The van der Waals surface area contributed by atoms with Crippen LogP contribution in [0.5, 0.6) is 0 Å². The van der Waals surface area contributed by atoms with E-state index in [0.717, 1.165) is 36.1 Å². The molecule has 0 atom stereocenters. The van der Waals surface area contributed by atoms with Gasteiger partial charge < -0.3 is 4.90 Å². The third-order valence-corrected chi connectivity index (χ3v) is 5.04. The fourth-order valence-corrected chi connectivity index (χ4v) is 3.32. The van der Waals surface area contributed by atoms with Crippen LogP contribution in [0.2, 0.25) is 0 Å². The highest BCUT2D eigenvalue weighted by atomic mass is 15.3. The molecule has 1 fully saturated rings. The van der Waals surface area contributed by atoms with Gasteiger partial charge in [0, 0.05) is 18.7 Å². The molecule has 1 aromatic carbocycles. The van der Waals surface area contributed by atoms with E-state index in [0.29, 0.717) is 0 Å². The van der Waals surface area contributed by atoms with E-state index < -0.39 is 0 Å². The maximum Gasteiger partial charge on any atom is 0.154 e. The summed E-state index contributed by atoms with van der Waals surface area (Å²) in [5, 5.41) is 9.10. The Morgan fingerprint density at radius 3 is 2.32 bits per heavy atom. The van der Waals surface area contributed by atoms with Crippen molar-refractivity contribution < 1.29 is 0 Å². The highest BCUT2D eigenvalue weighted by Crippen LogP contribution is 2.30. The topological polar surface area (TPSA) is 29.0 Å². The summed E-state index contributed by atoms with van der Waals surface area (Å²) in [5.74, 6) is 1.96. The summed E-state index contributed by atoms with van der Waals surface area (Å²) in [6.45, 7) is 8.85. The quantitative estimate of drug-likeness (QED) is 0.841. The van der Waals surface area contributed by atoms with E-state index in [9.17, 15) is 0 Å². The van der Waals surface area contributed by atoms with Crippen LogP contribution in [0.4, 0.5) is 5.82 Å². The molecule has 3 rings (SSSR count). The van der Waals surface area contributed by atoms with Crippen molar-refractivity contribution in [1.82, 2.24) is 10.2 Å². The van der Waals surface area contributed by atoms with Gasteiger partial charge in [-0.05, 0) is 43.7 Å². The summed E-state index contributed by atoms with van der Waals surface area (Å²) >= 11 is 0. The molecule has 0 spiro atoms. The van der Waals surface area contributed by atoms with E-state index in [1.165, 1.54) is 30.4 Å². The molecule has 2 aromatic rings. The number of rotatable bonds is 3. The molecule has 0 amide bonds. The number of benzene rings is 1. The van der Waals surface area contributed by atoms with E-state index in [1.54, 1.807) is 0 Å². The van der Waals surface area contributed by atoms with Gasteiger partial charge in [-0.15, -0.1) is 10.2 Å². The van der Waals surface area contributed by atoms with Crippen LogP contribution in [0.25, 0.3) is 11.3 Å². The van der Waals surface area contributed by atoms with Crippen molar-refractivity contribution in [2.24, 2.45) is 5.92 Å². The standard InChI is InChI=1S/C19H25N3/c1-4-16-10-12-22(13-11-16)19-15(3)14(2)18(20-21-19)17-8-6-5-7-9-17/h5-9,16H,4,10-13H2,1-3H3. The predicted molar refractivity (Wildman–Crippen MR) is 92.2 cm³/mol. The molecule has 1 aliphatic rings. The van der Waals surface area contributed by atoms with Gasteiger partial charge >= 0.3 is 0 Å². The van der Waals surface area contributed by atoms with Crippen LogP contribution in [0.1, 0.15) is 37.3 Å². The zero-order valence-electron chi connectivity index (χ0n) is 13.8. The molecule has 3 nitrogen and oxygen atoms in total. The largest absolute Gasteiger partial charge is 0.355 e. The fourth-order valence-electron chi connectivity index (χ4n) is 3.32. The highest BCUT2D eigenvalue weighted by Gasteiger charge is 2.22. The molecule has 22 heavy (non-hydrogen) atoms. The Hall–Kier alpha value is -1.90. The fraction of sp³-hybridized carbons (Fsp3) is 0.474. The Labute approximate surface area is 133 Å². The zero-order chi connectivity index (χ0) is 15.5. The Morgan fingerprint density at radius 2 is 1.68 bits per heavy atom. The van der Waals surface area contributed by atoms with Crippen LogP contribution >= 0.6 is 0 Å². The number of aromatic nitrogens is 2. The summed E-state index contributed by atoms with van der Waals surface area (Å²) in [7, 11) is 0. The lowest BCUT2D eigenvalue weighted by Gasteiger charge is -2.33. The third kappa shape index (κ3) is 2.85. The van der Waals surface area contributed by atoms with Crippen molar-refractivity contribution in [2.45, 2.75) is 40.0 Å². The van der Waals surface area contributed by atoms with Gasteiger partial charge in [0.1, 0.15) is 0 Å². The smallest absolute Gasteiger partial charge is 0.154 e. The second-order valence-corrected chi connectivity index (χ2v) is 6.33. The van der Waals surface area contributed by atoms with E-state index in [1.807, 2.05) is 6.07 Å². The molecule has 3 heteroatoms. The summed E-state index contributed by atoms with van der Waals surface area (Å²) in [6.07, 6.45) is 3.85. The van der Waals surface area contributed by atoms with E-state index in [-0.39, 0.29) is 0 Å². The van der Waals surface area contributed by atoms with Crippen molar-refractivity contribution in [3.05, 3.63) is 41.5 Å². The molecule has 0 radical (unpaired) electrons. The Kier molecular flexibility index (Phi) is 4.41. The maximum atomic E-state index is 4.57. The molecule has 116 valence electrons. The Morgan fingerprint density at radius 1 is 1.00 bits per heavy atom. The molecule has 0 aliphatic carbocycles. The summed E-state index contributed by atoms with van der Waals surface area (Å²) in [4.78, 5) is 2.41. The van der Waals surface area contributed by atoms with Crippen LogP contribution in [0, 0.1) is 19.8 Å². The molecule has 1 saturated heterocycles. The Balaban J connectivity index is 1.88. The summed E-state index contributed by atoms with van der Waals surface area (Å²) < 4.78 is 0. The average Bonchev–Trinajstić information content (AvgIpc) is 2.58. The predicted octanol–water partition coefficient (Wildman–Crippen LogP) is 4.39. The third-order valence-electron chi connectivity index (χ3n) is 5.04. The van der Waals surface area contributed by atoms with Crippen molar-refractivity contribution in [3.63, 3.8) is 0 Å². The van der Waals surface area contributed by atoms with Crippen LogP contribution in [0.15, 0.2) is 30.3 Å². The lowest BCUT2D eigenvalue weighted by molar-refractivity contribution is 0.393. The molecule has 0 N–H and O–H groups in total. The Bertz CT molecular complexity index is 629. The molecular weight excluding hydrogens is 270 g/mol. The average molecular weight is 295 g/mol. The minimum Gasteiger partial charge on any atom is -0.355 e.